The summed E-state index contributed by atoms with van der Waals surface area (Å²) in [6.07, 6.45) is 4.97. The van der Waals surface area contributed by atoms with E-state index >= 15 is 0 Å². The van der Waals surface area contributed by atoms with E-state index in [1.165, 1.54) is 44.9 Å². The van der Waals surface area contributed by atoms with Crippen molar-refractivity contribution in [2.45, 2.75) is 95.4 Å². The summed E-state index contributed by atoms with van der Waals surface area (Å²) in [5, 5.41) is 38.2. The van der Waals surface area contributed by atoms with Gasteiger partial charge in [0, 0.05) is 6.61 Å². The Bertz CT molecular complexity index is 286. The van der Waals surface area contributed by atoms with Crippen LogP contribution in [0.2, 0.25) is 0 Å². The van der Waals surface area contributed by atoms with Gasteiger partial charge in [-0.05, 0) is 6.42 Å². The molecule has 6 heteroatoms. The number of hydrogen-bond donors (Lipinski definition) is 4. The molecule has 23 heavy (non-hydrogen) atoms. The van der Waals surface area contributed by atoms with Crippen molar-refractivity contribution in [3.05, 3.63) is 0 Å². The molecule has 0 aromatic carbocycles. The van der Waals surface area contributed by atoms with E-state index in [1.807, 2.05) is 0 Å². The second-order valence-corrected chi connectivity index (χ2v) is 6.40. The van der Waals surface area contributed by atoms with Gasteiger partial charge in [-0.2, -0.15) is 0 Å². The molecule has 138 valence electrons. The molecule has 0 radical (unpaired) electrons. The first-order chi connectivity index (χ1) is 11.1. The summed E-state index contributed by atoms with van der Waals surface area (Å²) in [6.45, 7) is 2.22. The maximum absolute atomic E-state index is 9.82. The standard InChI is InChI=1S/C17H34O6/c1-2-3-4-5-6-7-8-9-10-11-22-17-16(21)15(20)14(19)13(12-18)23-17/h13-21H,2-12H2,1H3/t13-,14-,15+,16-,17-/m0/s1. The SMILES string of the molecule is CCCCCCCCCCCO[C@H]1O[C@@H](CO)[C@H](O)[C@@H](O)[C@@H]1O. The second kappa shape index (κ2) is 12.2. The van der Waals surface area contributed by atoms with Crippen LogP contribution < -0.4 is 0 Å². The summed E-state index contributed by atoms with van der Waals surface area (Å²) in [5.74, 6) is 0. The van der Waals surface area contributed by atoms with E-state index in [0.717, 1.165) is 12.8 Å². The normalized spacial score (nSPS) is 31.4. The van der Waals surface area contributed by atoms with Gasteiger partial charge in [0.05, 0.1) is 6.61 Å². The third kappa shape index (κ3) is 7.45. The molecule has 0 saturated carbocycles. The molecule has 1 aliphatic rings. The van der Waals surface area contributed by atoms with E-state index in [-0.39, 0.29) is 0 Å². The molecule has 0 unspecified atom stereocenters. The van der Waals surface area contributed by atoms with Gasteiger partial charge < -0.3 is 29.9 Å². The van der Waals surface area contributed by atoms with Crippen molar-refractivity contribution in [3.8, 4) is 0 Å². The van der Waals surface area contributed by atoms with Crippen LogP contribution in [0, 0.1) is 0 Å². The molecule has 1 heterocycles. The summed E-state index contributed by atoms with van der Waals surface area (Å²) >= 11 is 0. The first-order valence-electron chi connectivity index (χ1n) is 9.04. The van der Waals surface area contributed by atoms with E-state index < -0.39 is 37.3 Å². The number of ether oxygens (including phenoxy) is 2. The largest absolute Gasteiger partial charge is 0.394 e. The van der Waals surface area contributed by atoms with Crippen LogP contribution in [0.1, 0.15) is 64.7 Å². The minimum absolute atomic E-state index is 0.428. The Labute approximate surface area is 139 Å². The van der Waals surface area contributed by atoms with E-state index in [9.17, 15) is 15.3 Å². The molecular weight excluding hydrogens is 300 g/mol. The van der Waals surface area contributed by atoms with Gasteiger partial charge in [-0.1, -0.05) is 58.3 Å². The van der Waals surface area contributed by atoms with Gasteiger partial charge in [-0.3, -0.25) is 0 Å². The van der Waals surface area contributed by atoms with Crippen LogP contribution in [0.15, 0.2) is 0 Å². The van der Waals surface area contributed by atoms with Crippen LogP contribution in [0.4, 0.5) is 0 Å². The Morgan fingerprint density at radius 2 is 1.35 bits per heavy atom. The highest BCUT2D eigenvalue weighted by atomic mass is 16.7. The van der Waals surface area contributed by atoms with Crippen LogP contribution in [-0.4, -0.2) is 64.3 Å². The van der Waals surface area contributed by atoms with Crippen molar-refractivity contribution in [1.82, 2.24) is 0 Å². The molecule has 0 aromatic rings. The van der Waals surface area contributed by atoms with E-state index in [4.69, 9.17) is 14.6 Å². The predicted molar refractivity (Wildman–Crippen MR) is 86.9 cm³/mol. The predicted octanol–water partition coefficient (Wildman–Crippen LogP) is 1.33. The van der Waals surface area contributed by atoms with Crippen molar-refractivity contribution in [3.63, 3.8) is 0 Å². The van der Waals surface area contributed by atoms with Crippen molar-refractivity contribution in [2.24, 2.45) is 0 Å². The molecule has 6 nitrogen and oxygen atoms in total. The number of unbranched alkanes of at least 4 members (excludes halogenated alkanes) is 8. The maximum Gasteiger partial charge on any atom is 0.186 e. The molecule has 1 saturated heterocycles. The molecule has 1 fully saturated rings. The van der Waals surface area contributed by atoms with Gasteiger partial charge in [0.2, 0.25) is 0 Å². The van der Waals surface area contributed by atoms with Crippen LogP contribution in [-0.2, 0) is 9.47 Å². The van der Waals surface area contributed by atoms with Gasteiger partial charge in [-0.15, -0.1) is 0 Å². The Balaban J connectivity index is 2.06. The fourth-order valence-electron chi connectivity index (χ4n) is 2.82. The number of aliphatic hydroxyl groups excluding tert-OH is 4. The Morgan fingerprint density at radius 3 is 1.91 bits per heavy atom. The first-order valence-corrected chi connectivity index (χ1v) is 9.04. The van der Waals surface area contributed by atoms with Crippen LogP contribution >= 0.6 is 0 Å². The molecule has 0 spiro atoms. The highest BCUT2D eigenvalue weighted by Gasteiger charge is 2.43. The monoisotopic (exact) mass is 334 g/mol. The number of rotatable bonds is 12. The summed E-state index contributed by atoms with van der Waals surface area (Å²) in [6, 6.07) is 0. The minimum atomic E-state index is -1.37. The zero-order valence-electron chi connectivity index (χ0n) is 14.3. The lowest BCUT2D eigenvalue weighted by molar-refractivity contribution is -0.301. The van der Waals surface area contributed by atoms with Crippen LogP contribution in [0.5, 0.6) is 0 Å². The Kier molecular flexibility index (Phi) is 11.0. The van der Waals surface area contributed by atoms with Gasteiger partial charge in [0.25, 0.3) is 0 Å². The second-order valence-electron chi connectivity index (χ2n) is 6.40. The lowest BCUT2D eigenvalue weighted by atomic mass is 9.99. The Morgan fingerprint density at radius 1 is 0.783 bits per heavy atom. The van der Waals surface area contributed by atoms with Gasteiger partial charge >= 0.3 is 0 Å². The highest BCUT2D eigenvalue weighted by molar-refractivity contribution is 4.88. The van der Waals surface area contributed by atoms with Gasteiger partial charge in [0.1, 0.15) is 24.4 Å². The van der Waals surface area contributed by atoms with Crippen LogP contribution in [0.3, 0.4) is 0 Å². The van der Waals surface area contributed by atoms with Gasteiger partial charge in [0.15, 0.2) is 6.29 Å². The molecule has 1 aliphatic heterocycles. The summed E-state index contributed by atoms with van der Waals surface area (Å²) < 4.78 is 10.7. The average molecular weight is 334 g/mol. The maximum atomic E-state index is 9.82. The number of hydrogen-bond acceptors (Lipinski definition) is 6. The molecule has 0 aromatic heterocycles. The van der Waals surface area contributed by atoms with Crippen molar-refractivity contribution < 1.29 is 29.9 Å². The fraction of sp³-hybridized carbons (Fsp3) is 1.00. The molecule has 1 rings (SSSR count). The first kappa shape index (κ1) is 20.8. The minimum Gasteiger partial charge on any atom is -0.394 e. The molecule has 4 N–H and O–H groups in total. The summed E-state index contributed by atoms with van der Waals surface area (Å²) in [5.41, 5.74) is 0. The molecule has 0 aliphatic carbocycles. The molecule has 0 bridgehead atoms. The van der Waals surface area contributed by atoms with E-state index in [1.54, 1.807) is 0 Å². The van der Waals surface area contributed by atoms with Crippen molar-refractivity contribution in [2.75, 3.05) is 13.2 Å². The topological polar surface area (TPSA) is 99.4 Å². The Hall–Kier alpha value is -0.240. The highest BCUT2D eigenvalue weighted by Crippen LogP contribution is 2.22. The van der Waals surface area contributed by atoms with E-state index in [0.29, 0.717) is 6.61 Å². The zero-order valence-corrected chi connectivity index (χ0v) is 14.3. The lowest BCUT2D eigenvalue weighted by Crippen LogP contribution is -2.59. The third-order valence-corrected chi connectivity index (χ3v) is 4.38. The van der Waals surface area contributed by atoms with Crippen molar-refractivity contribution in [1.29, 1.82) is 0 Å². The fourth-order valence-corrected chi connectivity index (χ4v) is 2.82. The number of aliphatic hydroxyl groups is 4. The lowest BCUT2D eigenvalue weighted by Gasteiger charge is -2.39. The van der Waals surface area contributed by atoms with Crippen LogP contribution in [0.25, 0.3) is 0 Å². The molecule has 5 atom stereocenters. The van der Waals surface area contributed by atoms with Gasteiger partial charge in [-0.25, -0.2) is 0 Å². The molecule has 0 amide bonds. The third-order valence-electron chi connectivity index (χ3n) is 4.38. The van der Waals surface area contributed by atoms with Crippen molar-refractivity contribution >= 4 is 0 Å². The smallest absolute Gasteiger partial charge is 0.186 e. The quantitative estimate of drug-likeness (QED) is 0.402. The average Bonchev–Trinajstić information content (AvgIpc) is 2.56. The molecular formula is C17H34O6. The van der Waals surface area contributed by atoms with E-state index in [2.05, 4.69) is 6.92 Å². The zero-order chi connectivity index (χ0) is 17.1. The summed E-state index contributed by atoms with van der Waals surface area (Å²) in [7, 11) is 0. The summed E-state index contributed by atoms with van der Waals surface area (Å²) in [4.78, 5) is 0.